The zero-order chi connectivity index (χ0) is 9.14. The van der Waals surface area contributed by atoms with Crippen molar-refractivity contribution in [2.24, 2.45) is 0 Å². The second-order valence-corrected chi connectivity index (χ2v) is 2.66. The van der Waals surface area contributed by atoms with E-state index in [9.17, 15) is 4.79 Å². The standard InChI is InChI=1S/C9H10N2O/c1-7-9(8(2)12)3-5-11(7)6-4-10/h3,5H,6H2,1-2H3. The molecule has 0 unspecified atom stereocenters. The Labute approximate surface area is 71.2 Å². The number of aromatic nitrogens is 1. The van der Waals surface area contributed by atoms with Gasteiger partial charge >= 0.3 is 0 Å². The van der Waals surface area contributed by atoms with Gasteiger partial charge in [0.2, 0.25) is 0 Å². The summed E-state index contributed by atoms with van der Waals surface area (Å²) in [6.45, 7) is 3.67. The molecule has 0 atom stereocenters. The second kappa shape index (κ2) is 3.22. The zero-order valence-electron chi connectivity index (χ0n) is 7.16. The van der Waals surface area contributed by atoms with E-state index < -0.39 is 0 Å². The quantitative estimate of drug-likeness (QED) is 0.619. The van der Waals surface area contributed by atoms with Crippen LogP contribution in [0, 0.1) is 18.3 Å². The van der Waals surface area contributed by atoms with E-state index in [0.717, 1.165) is 5.69 Å². The summed E-state index contributed by atoms with van der Waals surface area (Å²) in [6, 6.07) is 3.77. The maximum atomic E-state index is 11.0. The molecule has 0 bridgehead atoms. The minimum Gasteiger partial charge on any atom is -0.337 e. The molecule has 1 rings (SSSR count). The van der Waals surface area contributed by atoms with Crippen molar-refractivity contribution >= 4 is 5.78 Å². The molecule has 0 spiro atoms. The van der Waals surface area contributed by atoms with Crippen molar-refractivity contribution in [3.8, 4) is 6.07 Å². The van der Waals surface area contributed by atoms with E-state index in [4.69, 9.17) is 5.26 Å². The largest absolute Gasteiger partial charge is 0.337 e. The van der Waals surface area contributed by atoms with Crippen LogP contribution in [-0.2, 0) is 6.54 Å². The highest BCUT2D eigenvalue weighted by Gasteiger charge is 2.07. The maximum absolute atomic E-state index is 11.0. The molecule has 1 heterocycles. The van der Waals surface area contributed by atoms with Gasteiger partial charge in [0.1, 0.15) is 6.54 Å². The number of nitrogens with zero attached hydrogens (tertiary/aromatic N) is 2. The van der Waals surface area contributed by atoms with Crippen molar-refractivity contribution in [1.29, 1.82) is 5.26 Å². The zero-order valence-corrected chi connectivity index (χ0v) is 7.16. The van der Waals surface area contributed by atoms with Gasteiger partial charge in [0, 0.05) is 17.5 Å². The fourth-order valence-corrected chi connectivity index (χ4v) is 1.17. The van der Waals surface area contributed by atoms with E-state index in [-0.39, 0.29) is 5.78 Å². The van der Waals surface area contributed by atoms with Crippen LogP contribution in [0.2, 0.25) is 0 Å². The van der Waals surface area contributed by atoms with Crippen LogP contribution in [0.15, 0.2) is 12.3 Å². The predicted molar refractivity (Wildman–Crippen MR) is 44.8 cm³/mol. The third kappa shape index (κ3) is 1.37. The lowest BCUT2D eigenvalue weighted by molar-refractivity contribution is 0.101. The van der Waals surface area contributed by atoms with E-state index in [1.807, 2.05) is 13.0 Å². The van der Waals surface area contributed by atoms with Crippen molar-refractivity contribution in [3.63, 3.8) is 0 Å². The van der Waals surface area contributed by atoms with Gasteiger partial charge in [-0.25, -0.2) is 0 Å². The van der Waals surface area contributed by atoms with Gasteiger partial charge in [-0.2, -0.15) is 5.26 Å². The van der Waals surface area contributed by atoms with Crippen molar-refractivity contribution < 1.29 is 4.79 Å². The minimum absolute atomic E-state index is 0.0455. The highest BCUT2D eigenvalue weighted by Crippen LogP contribution is 2.09. The molecular weight excluding hydrogens is 152 g/mol. The molecule has 1 aromatic heterocycles. The Hall–Kier alpha value is -1.56. The molecule has 0 N–H and O–H groups in total. The molecule has 0 aliphatic rings. The van der Waals surface area contributed by atoms with Crippen molar-refractivity contribution in [1.82, 2.24) is 4.57 Å². The monoisotopic (exact) mass is 162 g/mol. The van der Waals surface area contributed by atoms with E-state index in [0.29, 0.717) is 12.1 Å². The predicted octanol–water partition coefficient (Wildman–Crippen LogP) is 1.52. The van der Waals surface area contributed by atoms with E-state index in [1.54, 1.807) is 16.8 Å². The fraction of sp³-hybridized carbons (Fsp3) is 0.333. The summed E-state index contributed by atoms with van der Waals surface area (Å²) >= 11 is 0. The van der Waals surface area contributed by atoms with Crippen molar-refractivity contribution in [3.05, 3.63) is 23.5 Å². The molecule has 0 amide bonds. The minimum atomic E-state index is 0.0455. The number of ketones is 1. The molecule has 3 nitrogen and oxygen atoms in total. The summed E-state index contributed by atoms with van der Waals surface area (Å²) in [5.74, 6) is 0.0455. The first-order chi connectivity index (χ1) is 5.66. The van der Waals surface area contributed by atoms with E-state index >= 15 is 0 Å². The topological polar surface area (TPSA) is 45.8 Å². The molecule has 0 saturated heterocycles. The summed E-state index contributed by atoms with van der Waals surface area (Å²) in [7, 11) is 0. The van der Waals surface area contributed by atoms with Gasteiger partial charge in [0.25, 0.3) is 0 Å². The third-order valence-corrected chi connectivity index (χ3v) is 1.86. The Morgan fingerprint density at radius 2 is 2.42 bits per heavy atom. The average Bonchev–Trinajstić information content (AvgIpc) is 2.34. The summed E-state index contributed by atoms with van der Waals surface area (Å²) in [6.07, 6.45) is 1.76. The summed E-state index contributed by atoms with van der Waals surface area (Å²) in [4.78, 5) is 11.0. The van der Waals surface area contributed by atoms with Gasteiger partial charge in [-0.15, -0.1) is 0 Å². The van der Waals surface area contributed by atoms with Gasteiger partial charge in [-0.05, 0) is 19.9 Å². The first kappa shape index (κ1) is 8.54. The number of rotatable bonds is 2. The van der Waals surface area contributed by atoms with E-state index in [2.05, 4.69) is 0 Å². The Morgan fingerprint density at radius 3 is 2.83 bits per heavy atom. The highest BCUT2D eigenvalue weighted by molar-refractivity contribution is 5.95. The molecule has 62 valence electrons. The normalized spacial score (nSPS) is 9.42. The number of carbonyl (C=O) groups excluding carboxylic acids is 1. The Kier molecular flexibility index (Phi) is 2.29. The molecule has 12 heavy (non-hydrogen) atoms. The highest BCUT2D eigenvalue weighted by atomic mass is 16.1. The van der Waals surface area contributed by atoms with Gasteiger partial charge in [0.05, 0.1) is 6.07 Å². The molecule has 0 aliphatic heterocycles. The molecule has 3 heteroatoms. The Morgan fingerprint density at radius 1 is 1.75 bits per heavy atom. The van der Waals surface area contributed by atoms with Gasteiger partial charge < -0.3 is 4.57 Å². The van der Waals surface area contributed by atoms with Crippen LogP contribution in [0.5, 0.6) is 0 Å². The SMILES string of the molecule is CC(=O)c1ccn(CC#N)c1C. The molecule has 0 saturated carbocycles. The van der Waals surface area contributed by atoms with Crippen LogP contribution in [-0.4, -0.2) is 10.4 Å². The molecule has 0 fully saturated rings. The Bertz CT molecular complexity index is 344. The first-order valence-electron chi connectivity index (χ1n) is 3.70. The third-order valence-electron chi connectivity index (χ3n) is 1.86. The van der Waals surface area contributed by atoms with Crippen LogP contribution < -0.4 is 0 Å². The second-order valence-electron chi connectivity index (χ2n) is 2.66. The van der Waals surface area contributed by atoms with Crippen LogP contribution >= 0.6 is 0 Å². The van der Waals surface area contributed by atoms with Gasteiger partial charge in [0.15, 0.2) is 5.78 Å². The van der Waals surface area contributed by atoms with Crippen LogP contribution in [0.1, 0.15) is 23.0 Å². The Balaban J connectivity index is 3.06. The number of hydrogen-bond donors (Lipinski definition) is 0. The summed E-state index contributed by atoms with van der Waals surface area (Å²) in [5.41, 5.74) is 1.56. The fourth-order valence-electron chi connectivity index (χ4n) is 1.17. The maximum Gasteiger partial charge on any atom is 0.161 e. The lowest BCUT2D eigenvalue weighted by Gasteiger charge is -1.99. The molecule has 1 aromatic rings. The van der Waals surface area contributed by atoms with E-state index in [1.165, 1.54) is 6.92 Å². The molecule has 0 aliphatic carbocycles. The smallest absolute Gasteiger partial charge is 0.161 e. The number of hydrogen-bond acceptors (Lipinski definition) is 2. The summed E-state index contributed by atoms with van der Waals surface area (Å²) in [5, 5.41) is 8.44. The van der Waals surface area contributed by atoms with Crippen LogP contribution in [0.3, 0.4) is 0 Å². The van der Waals surface area contributed by atoms with Crippen molar-refractivity contribution in [2.45, 2.75) is 20.4 Å². The number of nitriles is 1. The molecule has 0 aromatic carbocycles. The molecular formula is C9H10N2O. The van der Waals surface area contributed by atoms with Gasteiger partial charge in [-0.3, -0.25) is 4.79 Å². The van der Waals surface area contributed by atoms with Gasteiger partial charge in [-0.1, -0.05) is 0 Å². The number of carbonyl (C=O) groups is 1. The van der Waals surface area contributed by atoms with Crippen LogP contribution in [0.25, 0.3) is 0 Å². The number of Topliss-reactive ketones (excluding diaryl/α,β-unsaturated/α-hetero) is 1. The lowest BCUT2D eigenvalue weighted by atomic mass is 10.2. The van der Waals surface area contributed by atoms with Crippen LogP contribution in [0.4, 0.5) is 0 Å². The average molecular weight is 162 g/mol. The molecule has 0 radical (unpaired) electrons. The first-order valence-corrected chi connectivity index (χ1v) is 3.70. The van der Waals surface area contributed by atoms with Crippen molar-refractivity contribution in [2.75, 3.05) is 0 Å². The summed E-state index contributed by atoms with van der Waals surface area (Å²) < 4.78 is 1.76. The lowest BCUT2D eigenvalue weighted by Crippen LogP contribution is -1.99.